The van der Waals surface area contributed by atoms with E-state index >= 15 is 0 Å². The van der Waals surface area contributed by atoms with Crippen molar-refractivity contribution in [1.82, 2.24) is 0 Å². The first-order valence-electron chi connectivity index (χ1n) is 6.41. The summed E-state index contributed by atoms with van der Waals surface area (Å²) in [6, 6.07) is 7.47. The zero-order chi connectivity index (χ0) is 14.5. The van der Waals surface area contributed by atoms with Gasteiger partial charge in [0.15, 0.2) is 6.29 Å². The summed E-state index contributed by atoms with van der Waals surface area (Å²) in [5.41, 5.74) is 0.957. The van der Waals surface area contributed by atoms with Gasteiger partial charge in [-0.2, -0.15) is 0 Å². The Morgan fingerprint density at radius 3 is 2.40 bits per heavy atom. The van der Waals surface area contributed by atoms with Crippen LogP contribution in [0.2, 0.25) is 0 Å². The van der Waals surface area contributed by atoms with E-state index in [4.69, 9.17) is 18.9 Å². The minimum absolute atomic E-state index is 0.232. The molecule has 6 nitrogen and oxygen atoms in total. The number of methoxy groups -OCH3 is 2. The predicted molar refractivity (Wildman–Crippen MR) is 70.3 cm³/mol. The average Bonchev–Trinajstić information content (AvgIpc) is 2.80. The van der Waals surface area contributed by atoms with Crippen LogP contribution in [0.4, 0.5) is 0 Å². The molecule has 2 rings (SSSR count). The molecule has 0 aliphatic carbocycles. The molecule has 20 heavy (non-hydrogen) atoms. The maximum atomic E-state index is 9.67. The fraction of sp³-hybridized carbons (Fsp3) is 0.571. The Labute approximate surface area is 117 Å². The van der Waals surface area contributed by atoms with E-state index in [0.29, 0.717) is 6.61 Å². The second kappa shape index (κ2) is 7.01. The molecule has 0 amide bonds. The highest BCUT2D eigenvalue weighted by Crippen LogP contribution is 2.25. The molecule has 1 aromatic rings. The topological polar surface area (TPSA) is 77.4 Å². The summed E-state index contributed by atoms with van der Waals surface area (Å²) in [5, 5.41) is 18.9. The molecule has 1 aromatic carbocycles. The Bertz CT molecular complexity index is 407. The van der Waals surface area contributed by atoms with Crippen molar-refractivity contribution in [2.45, 2.75) is 31.2 Å². The summed E-state index contributed by atoms with van der Waals surface area (Å²) in [6.45, 7) is 0.102. The number of rotatable bonds is 6. The lowest BCUT2D eigenvalue weighted by Crippen LogP contribution is -2.38. The summed E-state index contributed by atoms with van der Waals surface area (Å²) in [4.78, 5) is 0. The number of hydrogen-bond acceptors (Lipinski definition) is 6. The maximum absolute atomic E-state index is 9.67. The molecular formula is C14H20O6. The van der Waals surface area contributed by atoms with E-state index in [2.05, 4.69) is 0 Å². The second-order valence-corrected chi connectivity index (χ2v) is 4.57. The molecule has 0 unspecified atom stereocenters. The highest BCUT2D eigenvalue weighted by Gasteiger charge is 2.44. The van der Waals surface area contributed by atoms with Crippen molar-refractivity contribution in [3.8, 4) is 5.75 Å². The number of benzene rings is 1. The lowest BCUT2D eigenvalue weighted by atomic mass is 10.1. The van der Waals surface area contributed by atoms with Crippen LogP contribution < -0.4 is 4.74 Å². The minimum atomic E-state index is -1.09. The van der Waals surface area contributed by atoms with Crippen molar-refractivity contribution < 1.29 is 29.2 Å². The molecule has 6 heteroatoms. The fourth-order valence-electron chi connectivity index (χ4n) is 2.22. The van der Waals surface area contributed by atoms with Crippen LogP contribution in [0.3, 0.4) is 0 Å². The van der Waals surface area contributed by atoms with Gasteiger partial charge in [0.25, 0.3) is 0 Å². The monoisotopic (exact) mass is 284 g/mol. The Morgan fingerprint density at radius 2 is 1.85 bits per heavy atom. The van der Waals surface area contributed by atoms with Crippen molar-refractivity contribution in [1.29, 1.82) is 0 Å². The third kappa shape index (κ3) is 3.28. The van der Waals surface area contributed by atoms with Crippen molar-refractivity contribution in [3.63, 3.8) is 0 Å². The summed E-state index contributed by atoms with van der Waals surface area (Å²) in [6.07, 6.45) is -2.79. The van der Waals surface area contributed by atoms with Crippen LogP contribution in [0.15, 0.2) is 24.3 Å². The predicted octanol–water partition coefficient (Wildman–Crippen LogP) is 0.305. The van der Waals surface area contributed by atoms with Crippen LogP contribution >= 0.6 is 0 Å². The van der Waals surface area contributed by atoms with Gasteiger partial charge in [0.05, 0.1) is 20.3 Å². The molecule has 0 saturated carbocycles. The van der Waals surface area contributed by atoms with Gasteiger partial charge in [-0.3, -0.25) is 0 Å². The zero-order valence-corrected chi connectivity index (χ0v) is 11.6. The SMILES string of the molecule is COc1ccc(CO[C@@H]2[C@@H](OC)[C@@H](O)O[C@@H]2CO)cc1. The molecule has 0 radical (unpaired) electrons. The highest BCUT2D eigenvalue weighted by molar-refractivity contribution is 5.26. The number of aliphatic hydroxyl groups excluding tert-OH is 2. The van der Waals surface area contributed by atoms with Crippen LogP contribution in [0.5, 0.6) is 5.75 Å². The zero-order valence-electron chi connectivity index (χ0n) is 11.6. The van der Waals surface area contributed by atoms with Gasteiger partial charge in [0.1, 0.15) is 24.1 Å². The molecular weight excluding hydrogens is 264 g/mol. The largest absolute Gasteiger partial charge is 0.497 e. The van der Waals surface area contributed by atoms with Gasteiger partial charge in [0, 0.05) is 7.11 Å². The van der Waals surface area contributed by atoms with E-state index in [0.717, 1.165) is 11.3 Å². The molecule has 1 aliphatic heterocycles. The third-order valence-electron chi connectivity index (χ3n) is 3.34. The van der Waals surface area contributed by atoms with Crippen molar-refractivity contribution in [3.05, 3.63) is 29.8 Å². The normalized spacial score (nSPS) is 29.6. The summed E-state index contributed by atoms with van der Waals surface area (Å²) in [7, 11) is 3.08. The molecule has 1 fully saturated rings. The van der Waals surface area contributed by atoms with E-state index in [1.807, 2.05) is 24.3 Å². The third-order valence-corrected chi connectivity index (χ3v) is 3.34. The second-order valence-electron chi connectivity index (χ2n) is 4.57. The van der Waals surface area contributed by atoms with E-state index in [1.165, 1.54) is 7.11 Å². The van der Waals surface area contributed by atoms with Crippen LogP contribution in [0.25, 0.3) is 0 Å². The molecule has 0 spiro atoms. The van der Waals surface area contributed by atoms with Crippen LogP contribution in [0, 0.1) is 0 Å². The van der Waals surface area contributed by atoms with Gasteiger partial charge >= 0.3 is 0 Å². The first kappa shape index (κ1) is 15.2. The smallest absolute Gasteiger partial charge is 0.184 e. The van der Waals surface area contributed by atoms with Gasteiger partial charge < -0.3 is 29.2 Å². The molecule has 1 heterocycles. The molecule has 1 aliphatic rings. The number of aliphatic hydroxyl groups is 2. The standard InChI is InChI=1S/C14H20O6/c1-17-10-5-3-9(4-6-10)8-19-12-11(7-15)20-14(16)13(12)18-2/h3-6,11-16H,7-8H2,1-2H3/t11-,12+,13-,14+/m1/s1. The Balaban J connectivity index is 1.96. The summed E-state index contributed by atoms with van der Waals surface area (Å²) in [5.74, 6) is 0.774. The first-order valence-corrected chi connectivity index (χ1v) is 6.41. The lowest BCUT2D eigenvalue weighted by Gasteiger charge is -2.21. The fourth-order valence-corrected chi connectivity index (χ4v) is 2.22. The van der Waals surface area contributed by atoms with Gasteiger partial charge in [-0.1, -0.05) is 12.1 Å². The summed E-state index contributed by atoms with van der Waals surface area (Å²) >= 11 is 0. The lowest BCUT2D eigenvalue weighted by molar-refractivity contribution is -0.140. The van der Waals surface area contributed by atoms with Crippen molar-refractivity contribution in [2.24, 2.45) is 0 Å². The van der Waals surface area contributed by atoms with Gasteiger partial charge in [-0.15, -0.1) is 0 Å². The van der Waals surface area contributed by atoms with E-state index in [9.17, 15) is 10.2 Å². The number of hydrogen-bond donors (Lipinski definition) is 2. The minimum Gasteiger partial charge on any atom is -0.497 e. The van der Waals surface area contributed by atoms with E-state index < -0.39 is 24.6 Å². The van der Waals surface area contributed by atoms with Gasteiger partial charge in [-0.25, -0.2) is 0 Å². The van der Waals surface area contributed by atoms with E-state index in [1.54, 1.807) is 7.11 Å². The van der Waals surface area contributed by atoms with Gasteiger partial charge in [-0.05, 0) is 17.7 Å². The van der Waals surface area contributed by atoms with Crippen molar-refractivity contribution in [2.75, 3.05) is 20.8 Å². The Morgan fingerprint density at radius 1 is 1.15 bits per heavy atom. The molecule has 0 bridgehead atoms. The molecule has 112 valence electrons. The molecule has 0 aromatic heterocycles. The van der Waals surface area contributed by atoms with E-state index in [-0.39, 0.29) is 6.61 Å². The molecule has 4 atom stereocenters. The number of ether oxygens (including phenoxy) is 4. The molecule has 2 N–H and O–H groups in total. The first-order chi connectivity index (χ1) is 9.69. The summed E-state index contributed by atoms with van der Waals surface area (Å²) < 4.78 is 21.2. The van der Waals surface area contributed by atoms with Crippen LogP contribution in [0.1, 0.15) is 5.56 Å². The Hall–Kier alpha value is -1.18. The van der Waals surface area contributed by atoms with Crippen LogP contribution in [-0.4, -0.2) is 55.6 Å². The molecule has 1 saturated heterocycles. The maximum Gasteiger partial charge on any atom is 0.184 e. The van der Waals surface area contributed by atoms with Crippen LogP contribution in [-0.2, 0) is 20.8 Å². The average molecular weight is 284 g/mol. The quantitative estimate of drug-likeness (QED) is 0.782. The highest BCUT2D eigenvalue weighted by atomic mass is 16.7. The van der Waals surface area contributed by atoms with Gasteiger partial charge in [0.2, 0.25) is 0 Å². The van der Waals surface area contributed by atoms with Crippen molar-refractivity contribution >= 4 is 0 Å². The Kier molecular flexibility index (Phi) is 5.33.